The molecule has 1 fully saturated rings. The van der Waals surface area contributed by atoms with Gasteiger partial charge in [0.05, 0.1) is 13.7 Å². The standard InChI is InChI=1S/C14H18N6O2/c1-22-13-5-4-11(6-12(13)20-9-16-18-19-20)17-14(21)8-15-7-10-2-3-10/h4-6,9-10,15H,2-3,7-8H2,1H3,(H,17,21). The Balaban J connectivity index is 1.65. The average molecular weight is 302 g/mol. The van der Waals surface area contributed by atoms with Gasteiger partial charge < -0.3 is 15.4 Å². The number of methoxy groups -OCH3 is 1. The van der Waals surface area contributed by atoms with Crippen LogP contribution in [0.15, 0.2) is 24.5 Å². The second kappa shape index (κ2) is 6.52. The number of benzene rings is 1. The minimum atomic E-state index is -0.0755. The highest BCUT2D eigenvalue weighted by atomic mass is 16.5. The molecule has 116 valence electrons. The van der Waals surface area contributed by atoms with Gasteiger partial charge in [0.1, 0.15) is 17.8 Å². The van der Waals surface area contributed by atoms with E-state index in [1.54, 1.807) is 25.3 Å². The summed E-state index contributed by atoms with van der Waals surface area (Å²) in [5.41, 5.74) is 1.33. The van der Waals surface area contributed by atoms with Crippen LogP contribution in [-0.4, -0.2) is 46.3 Å². The quantitative estimate of drug-likeness (QED) is 0.778. The van der Waals surface area contributed by atoms with Crippen LogP contribution in [-0.2, 0) is 4.79 Å². The van der Waals surface area contributed by atoms with Crippen LogP contribution in [0.4, 0.5) is 5.69 Å². The average Bonchev–Trinajstić information content (AvgIpc) is 3.18. The number of carbonyl (C=O) groups excluding carboxylic acids is 1. The maximum atomic E-state index is 11.9. The first-order valence-electron chi connectivity index (χ1n) is 7.18. The van der Waals surface area contributed by atoms with Gasteiger partial charge in [-0.25, -0.2) is 0 Å². The first-order chi connectivity index (χ1) is 10.8. The molecule has 0 aliphatic heterocycles. The summed E-state index contributed by atoms with van der Waals surface area (Å²) in [4.78, 5) is 11.9. The number of anilines is 1. The van der Waals surface area contributed by atoms with Crippen molar-refractivity contribution in [3.63, 3.8) is 0 Å². The Morgan fingerprint density at radius 1 is 1.45 bits per heavy atom. The molecule has 22 heavy (non-hydrogen) atoms. The van der Waals surface area contributed by atoms with Crippen LogP contribution in [0.5, 0.6) is 5.75 Å². The fourth-order valence-electron chi connectivity index (χ4n) is 2.14. The smallest absolute Gasteiger partial charge is 0.238 e. The van der Waals surface area contributed by atoms with Crippen LogP contribution < -0.4 is 15.4 Å². The number of rotatable bonds is 7. The summed E-state index contributed by atoms with van der Waals surface area (Å²) in [6, 6.07) is 5.32. The molecule has 0 bridgehead atoms. The molecule has 0 spiro atoms. The third-order valence-corrected chi connectivity index (χ3v) is 3.47. The molecule has 0 unspecified atom stereocenters. The van der Waals surface area contributed by atoms with E-state index in [4.69, 9.17) is 4.74 Å². The number of nitrogens with zero attached hydrogens (tertiary/aromatic N) is 4. The highest BCUT2D eigenvalue weighted by molar-refractivity contribution is 5.92. The predicted molar refractivity (Wildman–Crippen MR) is 79.9 cm³/mol. The molecule has 1 aliphatic rings. The number of carbonyl (C=O) groups is 1. The van der Waals surface area contributed by atoms with Crippen LogP contribution in [0.3, 0.4) is 0 Å². The molecule has 8 heteroatoms. The normalized spacial score (nSPS) is 13.9. The minimum absolute atomic E-state index is 0.0755. The van der Waals surface area contributed by atoms with Gasteiger partial charge in [-0.3, -0.25) is 4.79 Å². The number of hydrogen-bond donors (Lipinski definition) is 2. The Kier molecular flexibility index (Phi) is 4.29. The summed E-state index contributed by atoms with van der Waals surface area (Å²) in [5, 5.41) is 17.1. The van der Waals surface area contributed by atoms with Gasteiger partial charge in [0.2, 0.25) is 5.91 Å². The minimum Gasteiger partial charge on any atom is -0.494 e. The van der Waals surface area contributed by atoms with Crippen molar-refractivity contribution < 1.29 is 9.53 Å². The predicted octanol–water partition coefficient (Wildman–Crippen LogP) is 0.609. The van der Waals surface area contributed by atoms with E-state index in [2.05, 4.69) is 26.2 Å². The Bertz CT molecular complexity index is 639. The Labute approximate surface area is 127 Å². The van der Waals surface area contributed by atoms with Gasteiger partial charge in [0.25, 0.3) is 0 Å². The van der Waals surface area contributed by atoms with E-state index < -0.39 is 0 Å². The number of hydrogen-bond acceptors (Lipinski definition) is 6. The third-order valence-electron chi connectivity index (χ3n) is 3.47. The molecular formula is C14H18N6O2. The highest BCUT2D eigenvalue weighted by Gasteiger charge is 2.20. The summed E-state index contributed by atoms with van der Waals surface area (Å²) >= 11 is 0. The molecule has 8 nitrogen and oxygen atoms in total. The van der Waals surface area contributed by atoms with Crippen molar-refractivity contribution in [2.75, 3.05) is 25.5 Å². The molecule has 0 atom stereocenters. The molecule has 1 amide bonds. The van der Waals surface area contributed by atoms with Crippen LogP contribution in [0, 0.1) is 5.92 Å². The summed E-state index contributed by atoms with van der Waals surface area (Å²) in [5.74, 6) is 1.30. The largest absolute Gasteiger partial charge is 0.494 e. The zero-order valence-electron chi connectivity index (χ0n) is 12.3. The van der Waals surface area contributed by atoms with Gasteiger partial charge in [0.15, 0.2) is 0 Å². The Morgan fingerprint density at radius 2 is 2.32 bits per heavy atom. The lowest BCUT2D eigenvalue weighted by Gasteiger charge is -2.11. The van der Waals surface area contributed by atoms with Crippen molar-refractivity contribution in [1.29, 1.82) is 0 Å². The van der Waals surface area contributed by atoms with Crippen LogP contribution in [0.1, 0.15) is 12.8 Å². The van der Waals surface area contributed by atoms with Gasteiger partial charge in [0, 0.05) is 5.69 Å². The lowest BCUT2D eigenvalue weighted by Crippen LogP contribution is -2.29. The van der Waals surface area contributed by atoms with E-state index in [9.17, 15) is 4.79 Å². The zero-order chi connectivity index (χ0) is 15.4. The molecule has 1 heterocycles. The van der Waals surface area contributed by atoms with Gasteiger partial charge in [-0.15, -0.1) is 5.10 Å². The summed E-state index contributed by atoms with van der Waals surface area (Å²) < 4.78 is 6.77. The number of ether oxygens (including phenoxy) is 1. The lowest BCUT2D eigenvalue weighted by atomic mass is 10.2. The van der Waals surface area contributed by atoms with Gasteiger partial charge in [-0.2, -0.15) is 4.68 Å². The summed E-state index contributed by atoms with van der Waals surface area (Å²) in [6.07, 6.45) is 4.01. The SMILES string of the molecule is COc1ccc(NC(=O)CNCC2CC2)cc1-n1cnnn1. The van der Waals surface area contributed by atoms with E-state index in [-0.39, 0.29) is 5.91 Å². The van der Waals surface area contributed by atoms with E-state index in [1.165, 1.54) is 23.9 Å². The topological polar surface area (TPSA) is 94.0 Å². The molecule has 1 aromatic heterocycles. The Hall–Kier alpha value is -2.48. The van der Waals surface area contributed by atoms with E-state index in [1.807, 2.05) is 0 Å². The van der Waals surface area contributed by atoms with Crippen molar-refractivity contribution in [2.24, 2.45) is 5.92 Å². The summed E-state index contributed by atoms with van der Waals surface area (Å²) in [7, 11) is 1.57. The second-order valence-electron chi connectivity index (χ2n) is 5.26. The van der Waals surface area contributed by atoms with E-state index in [0.29, 0.717) is 23.7 Å². The highest BCUT2D eigenvalue weighted by Crippen LogP contribution is 2.27. The molecular weight excluding hydrogens is 284 g/mol. The molecule has 1 aromatic carbocycles. The Morgan fingerprint density at radius 3 is 3.00 bits per heavy atom. The van der Waals surface area contributed by atoms with Crippen molar-refractivity contribution in [2.45, 2.75) is 12.8 Å². The van der Waals surface area contributed by atoms with Crippen molar-refractivity contribution >= 4 is 11.6 Å². The molecule has 1 aliphatic carbocycles. The number of aromatic nitrogens is 4. The van der Waals surface area contributed by atoms with Crippen LogP contribution in [0.25, 0.3) is 5.69 Å². The van der Waals surface area contributed by atoms with Gasteiger partial charge in [-0.05, 0) is 53.9 Å². The van der Waals surface area contributed by atoms with Gasteiger partial charge in [-0.1, -0.05) is 0 Å². The maximum Gasteiger partial charge on any atom is 0.238 e. The molecule has 2 aromatic rings. The first-order valence-corrected chi connectivity index (χ1v) is 7.18. The van der Waals surface area contributed by atoms with E-state index in [0.717, 1.165) is 12.5 Å². The van der Waals surface area contributed by atoms with Gasteiger partial charge >= 0.3 is 0 Å². The monoisotopic (exact) mass is 302 g/mol. The molecule has 2 N–H and O–H groups in total. The van der Waals surface area contributed by atoms with Crippen molar-refractivity contribution in [3.05, 3.63) is 24.5 Å². The summed E-state index contributed by atoms with van der Waals surface area (Å²) in [6.45, 7) is 1.22. The number of amides is 1. The molecule has 1 saturated carbocycles. The molecule has 3 rings (SSSR count). The van der Waals surface area contributed by atoms with E-state index >= 15 is 0 Å². The number of tetrazole rings is 1. The first kappa shape index (κ1) is 14.5. The van der Waals surface area contributed by atoms with Crippen LogP contribution >= 0.6 is 0 Å². The third kappa shape index (κ3) is 3.59. The fourth-order valence-corrected chi connectivity index (χ4v) is 2.14. The fraction of sp³-hybridized carbons (Fsp3) is 0.429. The maximum absolute atomic E-state index is 11.9. The molecule has 0 saturated heterocycles. The van der Waals surface area contributed by atoms with Crippen molar-refractivity contribution in [1.82, 2.24) is 25.5 Å². The van der Waals surface area contributed by atoms with Crippen molar-refractivity contribution in [3.8, 4) is 11.4 Å². The second-order valence-corrected chi connectivity index (χ2v) is 5.26. The number of nitrogens with one attached hydrogen (secondary N) is 2. The molecule has 0 radical (unpaired) electrons. The zero-order valence-corrected chi connectivity index (χ0v) is 12.3. The van der Waals surface area contributed by atoms with Crippen LogP contribution in [0.2, 0.25) is 0 Å². The lowest BCUT2D eigenvalue weighted by molar-refractivity contribution is -0.115.